The Morgan fingerprint density at radius 1 is 1.23 bits per heavy atom. The molecule has 2 N–H and O–H groups in total. The predicted molar refractivity (Wildman–Crippen MR) is 120 cm³/mol. The van der Waals surface area contributed by atoms with Gasteiger partial charge in [-0.15, -0.1) is 11.3 Å². The lowest BCUT2D eigenvalue weighted by Crippen LogP contribution is -2.26. The molecule has 3 aromatic heterocycles. The fraction of sp³-hybridized carbons (Fsp3) is 0.227. The van der Waals surface area contributed by atoms with Crippen LogP contribution in [0.3, 0.4) is 0 Å². The summed E-state index contributed by atoms with van der Waals surface area (Å²) >= 11 is 1.48. The number of thiazole rings is 1. The first-order valence-corrected chi connectivity index (χ1v) is 10.7. The SMILES string of the molecule is CCc1nc2ccc(C(=O)NCCO)cn2c1N(C)c1nc(-c2ccc(F)cc2)cs1. The monoisotopic (exact) mass is 439 g/mol. The quantitative estimate of drug-likeness (QED) is 0.459. The number of aliphatic hydroxyl groups is 1. The summed E-state index contributed by atoms with van der Waals surface area (Å²) in [5, 5.41) is 14.3. The molecule has 4 aromatic rings. The molecule has 0 spiro atoms. The molecule has 0 aliphatic rings. The maximum absolute atomic E-state index is 13.2. The lowest BCUT2D eigenvalue weighted by Gasteiger charge is -2.17. The molecule has 0 saturated carbocycles. The number of rotatable bonds is 7. The van der Waals surface area contributed by atoms with Gasteiger partial charge in [-0.1, -0.05) is 6.92 Å². The van der Waals surface area contributed by atoms with Crippen molar-refractivity contribution in [2.75, 3.05) is 25.1 Å². The number of aryl methyl sites for hydroxylation is 1. The fourth-order valence-electron chi connectivity index (χ4n) is 3.34. The highest BCUT2D eigenvalue weighted by Crippen LogP contribution is 2.33. The second-order valence-electron chi connectivity index (χ2n) is 6.94. The number of pyridine rings is 1. The number of nitrogens with zero attached hydrogens (tertiary/aromatic N) is 4. The van der Waals surface area contributed by atoms with Crippen molar-refractivity contribution < 1.29 is 14.3 Å². The zero-order valence-electron chi connectivity index (χ0n) is 17.2. The third-order valence-corrected chi connectivity index (χ3v) is 5.81. The maximum atomic E-state index is 13.2. The summed E-state index contributed by atoms with van der Waals surface area (Å²) < 4.78 is 15.1. The Bertz CT molecular complexity index is 1220. The zero-order chi connectivity index (χ0) is 22.0. The van der Waals surface area contributed by atoms with Crippen molar-refractivity contribution in [3.8, 4) is 11.3 Å². The third-order valence-electron chi connectivity index (χ3n) is 4.89. The first-order chi connectivity index (χ1) is 15.0. The molecule has 1 aromatic carbocycles. The second kappa shape index (κ2) is 8.83. The molecule has 0 saturated heterocycles. The van der Waals surface area contributed by atoms with E-state index in [1.54, 1.807) is 30.5 Å². The Hall–Kier alpha value is -3.30. The van der Waals surface area contributed by atoms with Gasteiger partial charge in [-0.2, -0.15) is 0 Å². The summed E-state index contributed by atoms with van der Waals surface area (Å²) in [5.74, 6) is 0.284. The van der Waals surface area contributed by atoms with Crippen LogP contribution >= 0.6 is 11.3 Å². The van der Waals surface area contributed by atoms with Gasteiger partial charge in [-0.3, -0.25) is 9.20 Å². The molecule has 0 atom stereocenters. The number of aromatic nitrogens is 3. The van der Waals surface area contributed by atoms with Gasteiger partial charge in [-0.05, 0) is 42.8 Å². The number of amides is 1. The number of benzene rings is 1. The van der Waals surface area contributed by atoms with Crippen LogP contribution in [0.4, 0.5) is 15.3 Å². The van der Waals surface area contributed by atoms with Gasteiger partial charge < -0.3 is 15.3 Å². The number of fused-ring (bicyclic) bond motifs is 1. The summed E-state index contributed by atoms with van der Waals surface area (Å²) in [6.07, 6.45) is 2.46. The molecule has 0 aliphatic carbocycles. The molecule has 0 radical (unpaired) electrons. The fourth-order valence-corrected chi connectivity index (χ4v) is 4.14. The van der Waals surface area contributed by atoms with Gasteiger partial charge in [0.15, 0.2) is 5.13 Å². The van der Waals surface area contributed by atoms with E-state index in [4.69, 9.17) is 15.1 Å². The topological polar surface area (TPSA) is 82.8 Å². The molecule has 9 heteroatoms. The van der Waals surface area contributed by atoms with Crippen molar-refractivity contribution in [2.24, 2.45) is 0 Å². The number of carbonyl (C=O) groups excluding carboxylic acids is 1. The molecule has 1 amide bonds. The standard InChI is InChI=1S/C22H22FN5O2S/c1-3-17-21(28-12-15(6-9-19(28)25-17)20(30)24-10-11-29)27(2)22-26-18(13-31-22)14-4-7-16(23)8-5-14/h4-9,12-13,29H,3,10-11H2,1-2H3,(H,24,30). The minimum atomic E-state index is -0.284. The Labute approximate surface area is 182 Å². The van der Waals surface area contributed by atoms with E-state index < -0.39 is 0 Å². The van der Waals surface area contributed by atoms with Gasteiger partial charge >= 0.3 is 0 Å². The number of anilines is 2. The van der Waals surface area contributed by atoms with E-state index in [1.165, 1.54) is 23.5 Å². The van der Waals surface area contributed by atoms with E-state index in [-0.39, 0.29) is 24.9 Å². The summed E-state index contributed by atoms with van der Waals surface area (Å²) in [7, 11) is 1.91. The largest absolute Gasteiger partial charge is 0.395 e. The van der Waals surface area contributed by atoms with Crippen molar-refractivity contribution in [3.05, 3.63) is 65.0 Å². The Morgan fingerprint density at radius 2 is 2.00 bits per heavy atom. The van der Waals surface area contributed by atoms with Gasteiger partial charge in [0, 0.05) is 30.7 Å². The van der Waals surface area contributed by atoms with Crippen LogP contribution in [0.25, 0.3) is 16.9 Å². The highest BCUT2D eigenvalue weighted by molar-refractivity contribution is 7.14. The molecule has 31 heavy (non-hydrogen) atoms. The average Bonchev–Trinajstić information content (AvgIpc) is 3.42. The normalized spacial score (nSPS) is 11.1. The van der Waals surface area contributed by atoms with Gasteiger partial charge in [0.05, 0.1) is 23.6 Å². The van der Waals surface area contributed by atoms with Crippen molar-refractivity contribution in [2.45, 2.75) is 13.3 Å². The van der Waals surface area contributed by atoms with Crippen molar-refractivity contribution >= 4 is 33.8 Å². The molecule has 3 heterocycles. The molecule has 0 unspecified atom stereocenters. The third kappa shape index (κ3) is 4.14. The average molecular weight is 440 g/mol. The summed E-state index contributed by atoms with van der Waals surface area (Å²) in [4.78, 5) is 23.7. The van der Waals surface area contributed by atoms with Crippen LogP contribution in [0.15, 0.2) is 48.0 Å². The van der Waals surface area contributed by atoms with Gasteiger partial charge in [0.25, 0.3) is 5.91 Å². The van der Waals surface area contributed by atoms with E-state index in [9.17, 15) is 9.18 Å². The Kier molecular flexibility index (Phi) is 5.97. The van der Waals surface area contributed by atoms with E-state index >= 15 is 0 Å². The number of carbonyl (C=O) groups is 1. The van der Waals surface area contributed by atoms with Crippen LogP contribution in [-0.4, -0.2) is 45.6 Å². The zero-order valence-corrected chi connectivity index (χ0v) is 18.0. The number of aliphatic hydroxyl groups excluding tert-OH is 1. The van der Waals surface area contributed by atoms with Crippen LogP contribution < -0.4 is 10.2 Å². The van der Waals surface area contributed by atoms with Crippen molar-refractivity contribution in [1.82, 2.24) is 19.7 Å². The highest BCUT2D eigenvalue weighted by Gasteiger charge is 2.20. The minimum absolute atomic E-state index is 0.118. The van der Waals surface area contributed by atoms with E-state index in [2.05, 4.69) is 5.32 Å². The van der Waals surface area contributed by atoms with Crippen LogP contribution in [0, 0.1) is 5.82 Å². The first kappa shape index (κ1) is 21.0. The summed E-state index contributed by atoms with van der Waals surface area (Å²) in [5.41, 5.74) is 3.69. The molecule has 0 bridgehead atoms. The molecule has 7 nitrogen and oxygen atoms in total. The first-order valence-electron chi connectivity index (χ1n) is 9.87. The lowest BCUT2D eigenvalue weighted by atomic mass is 10.2. The molecule has 4 rings (SSSR count). The Morgan fingerprint density at radius 3 is 2.71 bits per heavy atom. The predicted octanol–water partition coefficient (Wildman–Crippen LogP) is 3.65. The van der Waals surface area contributed by atoms with E-state index in [1.807, 2.05) is 28.7 Å². The number of nitrogens with one attached hydrogen (secondary N) is 1. The summed E-state index contributed by atoms with van der Waals surface area (Å²) in [6, 6.07) is 9.76. The number of hydrogen-bond donors (Lipinski definition) is 2. The van der Waals surface area contributed by atoms with Crippen LogP contribution in [0.2, 0.25) is 0 Å². The molecule has 0 fully saturated rings. The van der Waals surface area contributed by atoms with E-state index in [0.717, 1.165) is 33.5 Å². The van der Waals surface area contributed by atoms with Crippen molar-refractivity contribution in [1.29, 1.82) is 0 Å². The Balaban J connectivity index is 1.72. The van der Waals surface area contributed by atoms with E-state index in [0.29, 0.717) is 12.0 Å². The van der Waals surface area contributed by atoms with Gasteiger partial charge in [0.1, 0.15) is 17.3 Å². The number of halogens is 1. The number of hydrogen-bond acceptors (Lipinski definition) is 6. The molecular formula is C22H22FN5O2S. The van der Waals surface area contributed by atoms with Crippen molar-refractivity contribution in [3.63, 3.8) is 0 Å². The maximum Gasteiger partial charge on any atom is 0.252 e. The minimum Gasteiger partial charge on any atom is -0.395 e. The van der Waals surface area contributed by atoms with Gasteiger partial charge in [0.2, 0.25) is 0 Å². The lowest BCUT2D eigenvalue weighted by molar-refractivity contribution is 0.0944. The second-order valence-corrected chi connectivity index (χ2v) is 7.78. The van der Waals surface area contributed by atoms with Gasteiger partial charge in [-0.25, -0.2) is 14.4 Å². The van der Waals surface area contributed by atoms with Crippen LogP contribution in [-0.2, 0) is 6.42 Å². The van der Waals surface area contributed by atoms with Crippen LogP contribution in [0.1, 0.15) is 23.0 Å². The van der Waals surface area contributed by atoms with Crippen LogP contribution in [0.5, 0.6) is 0 Å². The highest BCUT2D eigenvalue weighted by atomic mass is 32.1. The summed E-state index contributed by atoms with van der Waals surface area (Å²) in [6.45, 7) is 2.10. The molecular weight excluding hydrogens is 417 g/mol. The smallest absolute Gasteiger partial charge is 0.252 e. The molecule has 0 aliphatic heterocycles. The number of imidazole rings is 1. The molecule has 160 valence electrons.